The Labute approximate surface area is 134 Å². The standard InChI is InChI=1S/C15H21BrFNO2S/c1-18-15(12-7-4-8-13(16)14(12)17)10-5-3-6-11(9-10)21(2,19)20/h4,7-8,10-11,15,18H,3,5-6,9H2,1-2H3. The third-order valence-corrected chi connectivity index (χ3v) is 6.62. The van der Waals surface area contributed by atoms with E-state index in [0.717, 1.165) is 12.8 Å². The van der Waals surface area contributed by atoms with Crippen LogP contribution in [0.5, 0.6) is 0 Å². The van der Waals surface area contributed by atoms with Crippen LogP contribution in [0.3, 0.4) is 0 Å². The lowest BCUT2D eigenvalue weighted by molar-refractivity contribution is 0.278. The van der Waals surface area contributed by atoms with Gasteiger partial charge in [-0.3, -0.25) is 0 Å². The number of benzene rings is 1. The van der Waals surface area contributed by atoms with Crippen molar-refractivity contribution in [2.75, 3.05) is 13.3 Å². The van der Waals surface area contributed by atoms with Crippen molar-refractivity contribution in [1.82, 2.24) is 5.32 Å². The molecule has 0 radical (unpaired) electrons. The van der Waals surface area contributed by atoms with Crippen LogP contribution in [0.25, 0.3) is 0 Å². The summed E-state index contributed by atoms with van der Waals surface area (Å²) in [5.74, 6) is -0.134. The van der Waals surface area contributed by atoms with E-state index in [1.165, 1.54) is 6.26 Å². The predicted octanol–water partition coefficient (Wildman–Crippen LogP) is 3.45. The van der Waals surface area contributed by atoms with E-state index in [1.54, 1.807) is 19.2 Å². The highest BCUT2D eigenvalue weighted by atomic mass is 79.9. The Morgan fingerprint density at radius 2 is 2.10 bits per heavy atom. The molecule has 118 valence electrons. The van der Waals surface area contributed by atoms with Crippen molar-refractivity contribution >= 4 is 25.8 Å². The molecule has 1 aliphatic carbocycles. The third kappa shape index (κ3) is 3.85. The first-order valence-electron chi connectivity index (χ1n) is 7.14. The molecule has 0 heterocycles. The first-order valence-corrected chi connectivity index (χ1v) is 9.89. The molecule has 1 fully saturated rings. The van der Waals surface area contributed by atoms with Gasteiger partial charge in [0, 0.05) is 17.9 Å². The molecule has 1 saturated carbocycles. The lowest BCUT2D eigenvalue weighted by Gasteiger charge is -2.34. The maximum atomic E-state index is 14.3. The molecule has 1 aromatic rings. The third-order valence-electron chi connectivity index (χ3n) is 4.37. The fourth-order valence-corrected chi connectivity index (χ4v) is 4.85. The zero-order valence-electron chi connectivity index (χ0n) is 12.3. The Hall–Kier alpha value is -0.460. The Bertz CT molecular complexity index is 606. The Morgan fingerprint density at radius 3 is 2.71 bits per heavy atom. The summed E-state index contributed by atoms with van der Waals surface area (Å²) >= 11 is 3.21. The summed E-state index contributed by atoms with van der Waals surface area (Å²) in [6, 6.07) is 5.09. The van der Waals surface area contributed by atoms with Gasteiger partial charge in [0.1, 0.15) is 15.7 Å². The van der Waals surface area contributed by atoms with Crippen molar-refractivity contribution in [2.45, 2.75) is 37.0 Å². The summed E-state index contributed by atoms with van der Waals surface area (Å²) in [5, 5.41) is 2.87. The molecule has 0 aromatic heterocycles. The largest absolute Gasteiger partial charge is 0.313 e. The molecule has 1 aromatic carbocycles. The van der Waals surface area contributed by atoms with E-state index in [-0.39, 0.29) is 23.0 Å². The molecular weight excluding hydrogens is 357 g/mol. The van der Waals surface area contributed by atoms with Crippen molar-refractivity contribution in [1.29, 1.82) is 0 Å². The number of hydrogen-bond donors (Lipinski definition) is 1. The van der Waals surface area contributed by atoms with Gasteiger partial charge in [0.25, 0.3) is 0 Å². The van der Waals surface area contributed by atoms with Crippen LogP contribution < -0.4 is 5.32 Å². The van der Waals surface area contributed by atoms with Gasteiger partial charge in [-0.25, -0.2) is 12.8 Å². The van der Waals surface area contributed by atoms with Gasteiger partial charge >= 0.3 is 0 Å². The molecule has 0 amide bonds. The van der Waals surface area contributed by atoms with Crippen molar-refractivity contribution in [2.24, 2.45) is 5.92 Å². The van der Waals surface area contributed by atoms with Crippen LogP contribution in [0, 0.1) is 11.7 Å². The van der Waals surface area contributed by atoms with E-state index in [9.17, 15) is 12.8 Å². The van der Waals surface area contributed by atoms with Crippen LogP contribution in [0.2, 0.25) is 0 Å². The van der Waals surface area contributed by atoms with Crippen molar-refractivity contribution in [3.63, 3.8) is 0 Å². The first-order chi connectivity index (χ1) is 9.84. The van der Waals surface area contributed by atoms with Crippen LogP contribution in [-0.4, -0.2) is 27.0 Å². The van der Waals surface area contributed by atoms with Gasteiger partial charge in [0.15, 0.2) is 0 Å². The fourth-order valence-electron chi connectivity index (χ4n) is 3.28. The van der Waals surface area contributed by atoms with Crippen LogP contribution in [0.1, 0.15) is 37.3 Å². The van der Waals surface area contributed by atoms with Gasteiger partial charge < -0.3 is 5.32 Å². The normalized spacial score (nSPS) is 24.8. The lowest BCUT2D eigenvalue weighted by Crippen LogP contribution is -2.34. The Morgan fingerprint density at radius 1 is 1.38 bits per heavy atom. The average Bonchev–Trinajstić information content (AvgIpc) is 2.44. The summed E-state index contributed by atoms with van der Waals surface area (Å²) in [6.45, 7) is 0. The highest BCUT2D eigenvalue weighted by molar-refractivity contribution is 9.10. The lowest BCUT2D eigenvalue weighted by atomic mass is 9.81. The van der Waals surface area contributed by atoms with Crippen LogP contribution in [0.15, 0.2) is 22.7 Å². The summed E-state index contributed by atoms with van der Waals surface area (Å²) in [6.07, 6.45) is 4.40. The molecule has 3 unspecified atom stereocenters. The van der Waals surface area contributed by atoms with E-state index < -0.39 is 9.84 Å². The molecule has 0 saturated heterocycles. The number of rotatable bonds is 4. The van der Waals surface area contributed by atoms with Crippen molar-refractivity contribution < 1.29 is 12.8 Å². The minimum atomic E-state index is -3.03. The van der Waals surface area contributed by atoms with Crippen molar-refractivity contribution in [3.05, 3.63) is 34.1 Å². The Kier molecular flexibility index (Phi) is 5.43. The van der Waals surface area contributed by atoms with E-state index >= 15 is 0 Å². The molecule has 0 spiro atoms. The molecule has 1 aliphatic rings. The molecule has 0 bridgehead atoms. The van der Waals surface area contributed by atoms with Gasteiger partial charge in [0.05, 0.1) is 9.72 Å². The smallest absolute Gasteiger partial charge is 0.150 e. The quantitative estimate of drug-likeness (QED) is 0.873. The molecule has 3 nitrogen and oxygen atoms in total. The number of halogens is 2. The zero-order chi connectivity index (χ0) is 15.6. The summed E-state index contributed by atoms with van der Waals surface area (Å²) in [4.78, 5) is 0. The zero-order valence-corrected chi connectivity index (χ0v) is 14.7. The average molecular weight is 378 g/mol. The van der Waals surface area contributed by atoms with E-state index in [0.29, 0.717) is 22.9 Å². The number of nitrogens with one attached hydrogen (secondary N) is 1. The monoisotopic (exact) mass is 377 g/mol. The van der Waals surface area contributed by atoms with Gasteiger partial charge in [-0.2, -0.15) is 0 Å². The number of hydrogen-bond acceptors (Lipinski definition) is 3. The SMILES string of the molecule is CNC(c1cccc(Br)c1F)C1CCCC(S(C)(=O)=O)C1. The van der Waals surface area contributed by atoms with E-state index in [1.807, 2.05) is 6.07 Å². The minimum Gasteiger partial charge on any atom is -0.313 e. The summed E-state index contributed by atoms with van der Waals surface area (Å²) in [5.41, 5.74) is 0.603. The molecule has 3 atom stereocenters. The van der Waals surface area contributed by atoms with Crippen LogP contribution >= 0.6 is 15.9 Å². The second-order valence-corrected chi connectivity index (χ2v) is 8.97. The van der Waals surface area contributed by atoms with E-state index in [4.69, 9.17) is 0 Å². The maximum absolute atomic E-state index is 14.3. The topological polar surface area (TPSA) is 46.2 Å². The van der Waals surface area contributed by atoms with E-state index in [2.05, 4.69) is 21.2 Å². The van der Waals surface area contributed by atoms with Gasteiger partial charge in [-0.1, -0.05) is 18.6 Å². The maximum Gasteiger partial charge on any atom is 0.150 e. The molecule has 0 aliphatic heterocycles. The molecule has 21 heavy (non-hydrogen) atoms. The first kappa shape index (κ1) is 16.9. The highest BCUT2D eigenvalue weighted by Gasteiger charge is 2.34. The van der Waals surface area contributed by atoms with Gasteiger partial charge in [-0.05, 0) is 54.2 Å². The fraction of sp³-hybridized carbons (Fsp3) is 0.600. The summed E-state index contributed by atoms with van der Waals surface area (Å²) < 4.78 is 38.4. The second kappa shape index (κ2) is 6.75. The molecular formula is C15H21BrFNO2S. The van der Waals surface area contributed by atoms with Gasteiger partial charge in [-0.15, -0.1) is 0 Å². The van der Waals surface area contributed by atoms with Crippen LogP contribution in [0.4, 0.5) is 4.39 Å². The van der Waals surface area contributed by atoms with Crippen molar-refractivity contribution in [3.8, 4) is 0 Å². The predicted molar refractivity (Wildman–Crippen MR) is 86.5 cm³/mol. The highest BCUT2D eigenvalue weighted by Crippen LogP contribution is 2.38. The van der Waals surface area contributed by atoms with Gasteiger partial charge in [0.2, 0.25) is 0 Å². The molecule has 6 heteroatoms. The summed E-state index contributed by atoms with van der Waals surface area (Å²) in [7, 11) is -1.23. The second-order valence-electron chi connectivity index (χ2n) is 5.79. The minimum absolute atomic E-state index is 0.132. The number of sulfone groups is 1. The molecule has 1 N–H and O–H groups in total. The van der Waals surface area contributed by atoms with Crippen LogP contribution in [-0.2, 0) is 9.84 Å². The molecule has 2 rings (SSSR count). The Balaban J connectivity index is 2.27.